The minimum Gasteiger partial charge on any atom is -0.496 e. The van der Waals surface area contributed by atoms with Crippen LogP contribution in [0.15, 0.2) is 18.2 Å². The summed E-state index contributed by atoms with van der Waals surface area (Å²) in [5.74, 6) is 2.49. The Labute approximate surface area is 119 Å². The molecule has 1 heterocycles. The van der Waals surface area contributed by atoms with Crippen molar-refractivity contribution in [1.29, 1.82) is 0 Å². The van der Waals surface area contributed by atoms with Crippen molar-refractivity contribution >= 4 is 5.82 Å². The van der Waals surface area contributed by atoms with Gasteiger partial charge in [-0.1, -0.05) is 13.8 Å². The summed E-state index contributed by atoms with van der Waals surface area (Å²) in [6.45, 7) is 4.24. The van der Waals surface area contributed by atoms with Crippen LogP contribution in [0.4, 0.5) is 5.82 Å². The van der Waals surface area contributed by atoms with Gasteiger partial charge in [-0.15, -0.1) is 0 Å². The summed E-state index contributed by atoms with van der Waals surface area (Å²) in [6, 6.07) is 5.66. The zero-order valence-electron chi connectivity index (χ0n) is 12.6. The Bertz CT molecular complexity index is 598. The van der Waals surface area contributed by atoms with Crippen LogP contribution in [0.5, 0.6) is 11.5 Å². The number of benzene rings is 1. The molecule has 0 fully saturated rings. The number of nitrogens with zero attached hydrogens (tertiary/aromatic N) is 2. The van der Waals surface area contributed by atoms with Gasteiger partial charge in [0.25, 0.3) is 0 Å². The first-order valence-electron chi connectivity index (χ1n) is 6.54. The minimum absolute atomic E-state index is 0.276. The van der Waals surface area contributed by atoms with E-state index in [9.17, 15) is 0 Å². The number of ether oxygens (including phenoxy) is 2. The van der Waals surface area contributed by atoms with Gasteiger partial charge in [-0.05, 0) is 18.1 Å². The van der Waals surface area contributed by atoms with Gasteiger partial charge < -0.3 is 15.2 Å². The van der Waals surface area contributed by atoms with Crippen LogP contribution in [0.25, 0.3) is 11.3 Å². The number of hydrogen-bond donors (Lipinski definition) is 1. The summed E-state index contributed by atoms with van der Waals surface area (Å²) in [7, 11) is 5.15. The smallest absolute Gasteiger partial charge is 0.128 e. The lowest BCUT2D eigenvalue weighted by molar-refractivity contribution is 0.398. The van der Waals surface area contributed by atoms with Crippen LogP contribution >= 0.6 is 0 Å². The first kappa shape index (κ1) is 14.2. The Hall–Kier alpha value is -2.17. The van der Waals surface area contributed by atoms with Gasteiger partial charge in [-0.3, -0.25) is 4.68 Å². The molecule has 2 aromatic rings. The van der Waals surface area contributed by atoms with Crippen molar-refractivity contribution in [3.05, 3.63) is 23.8 Å². The third-order valence-corrected chi connectivity index (χ3v) is 3.36. The van der Waals surface area contributed by atoms with E-state index in [1.165, 1.54) is 0 Å². The predicted octanol–water partition coefficient (Wildman–Crippen LogP) is 2.81. The van der Waals surface area contributed by atoms with E-state index in [2.05, 4.69) is 18.9 Å². The van der Waals surface area contributed by atoms with Crippen LogP contribution in [0.1, 0.15) is 25.3 Å². The topological polar surface area (TPSA) is 62.3 Å². The first-order chi connectivity index (χ1) is 9.49. The number of anilines is 1. The maximum atomic E-state index is 5.89. The monoisotopic (exact) mass is 275 g/mol. The third kappa shape index (κ3) is 2.31. The third-order valence-electron chi connectivity index (χ3n) is 3.36. The maximum absolute atomic E-state index is 5.89. The summed E-state index contributed by atoms with van der Waals surface area (Å²) in [6.07, 6.45) is 0. The number of aryl methyl sites for hydroxylation is 1. The highest BCUT2D eigenvalue weighted by Gasteiger charge is 2.21. The van der Waals surface area contributed by atoms with Gasteiger partial charge in [0.2, 0.25) is 0 Å². The Morgan fingerprint density at radius 3 is 2.20 bits per heavy atom. The van der Waals surface area contributed by atoms with Crippen molar-refractivity contribution in [2.24, 2.45) is 7.05 Å². The van der Waals surface area contributed by atoms with Crippen LogP contribution in [0.2, 0.25) is 0 Å². The highest BCUT2D eigenvalue weighted by molar-refractivity contribution is 5.76. The maximum Gasteiger partial charge on any atom is 0.128 e. The van der Waals surface area contributed by atoms with Gasteiger partial charge in [-0.2, -0.15) is 5.10 Å². The lowest BCUT2D eigenvalue weighted by atomic mass is 9.93. The molecule has 0 saturated heterocycles. The number of nitrogens with two attached hydrogens (primary N) is 1. The fraction of sp³-hybridized carbons (Fsp3) is 0.400. The Balaban J connectivity index is 2.76. The Morgan fingerprint density at radius 2 is 1.75 bits per heavy atom. The van der Waals surface area contributed by atoms with E-state index >= 15 is 0 Å². The van der Waals surface area contributed by atoms with Crippen molar-refractivity contribution < 1.29 is 9.47 Å². The van der Waals surface area contributed by atoms with Crippen molar-refractivity contribution in [2.75, 3.05) is 20.0 Å². The number of methoxy groups -OCH3 is 2. The van der Waals surface area contributed by atoms with Crippen molar-refractivity contribution in [3.63, 3.8) is 0 Å². The van der Waals surface area contributed by atoms with E-state index in [1.807, 2.05) is 25.2 Å². The molecule has 0 bridgehead atoms. The van der Waals surface area contributed by atoms with Crippen LogP contribution < -0.4 is 15.2 Å². The van der Waals surface area contributed by atoms with E-state index in [0.29, 0.717) is 5.82 Å². The molecule has 2 N–H and O–H groups in total. The molecule has 0 radical (unpaired) electrons. The molecular formula is C15H21N3O2. The van der Waals surface area contributed by atoms with E-state index in [-0.39, 0.29) is 5.92 Å². The zero-order chi connectivity index (χ0) is 14.9. The highest BCUT2D eigenvalue weighted by Crippen LogP contribution is 2.42. The van der Waals surface area contributed by atoms with Gasteiger partial charge in [0.05, 0.1) is 25.5 Å². The average Bonchev–Trinajstić information content (AvgIpc) is 2.76. The second-order valence-electron chi connectivity index (χ2n) is 4.99. The molecule has 108 valence electrons. The van der Waals surface area contributed by atoms with Gasteiger partial charge in [-0.25, -0.2) is 0 Å². The highest BCUT2D eigenvalue weighted by atomic mass is 16.5. The normalized spacial score (nSPS) is 10.9. The molecule has 0 saturated carbocycles. The van der Waals surface area contributed by atoms with Gasteiger partial charge in [0.1, 0.15) is 17.3 Å². The minimum atomic E-state index is 0.276. The molecule has 2 rings (SSSR count). The fourth-order valence-corrected chi connectivity index (χ4v) is 2.37. The lowest BCUT2D eigenvalue weighted by Gasteiger charge is -2.18. The largest absolute Gasteiger partial charge is 0.496 e. The lowest BCUT2D eigenvalue weighted by Crippen LogP contribution is -2.01. The van der Waals surface area contributed by atoms with Crippen LogP contribution in [-0.2, 0) is 7.05 Å². The van der Waals surface area contributed by atoms with Gasteiger partial charge >= 0.3 is 0 Å². The summed E-state index contributed by atoms with van der Waals surface area (Å²) in [5.41, 5.74) is 8.70. The number of nitrogen functional groups attached to an aromatic ring is 1. The van der Waals surface area contributed by atoms with Gasteiger partial charge in [0.15, 0.2) is 0 Å². The molecule has 5 heteroatoms. The van der Waals surface area contributed by atoms with Crippen molar-refractivity contribution in [1.82, 2.24) is 9.78 Å². The summed E-state index contributed by atoms with van der Waals surface area (Å²) in [4.78, 5) is 0. The second-order valence-corrected chi connectivity index (χ2v) is 4.99. The second kappa shape index (κ2) is 5.45. The fourth-order valence-electron chi connectivity index (χ4n) is 2.37. The van der Waals surface area contributed by atoms with Crippen LogP contribution in [-0.4, -0.2) is 24.0 Å². The van der Waals surface area contributed by atoms with E-state index in [4.69, 9.17) is 15.2 Å². The molecule has 20 heavy (non-hydrogen) atoms. The van der Waals surface area contributed by atoms with E-state index < -0.39 is 0 Å². The standard InChI is InChI=1S/C15H21N3O2/c1-9(2)14-11(19-4)6-7-12(20-5)15(14)10-8-13(16)18(3)17-10/h6-9H,16H2,1-5H3. The molecule has 0 amide bonds. The molecule has 0 aliphatic heterocycles. The van der Waals surface area contributed by atoms with E-state index in [0.717, 1.165) is 28.3 Å². The first-order valence-corrected chi connectivity index (χ1v) is 6.54. The van der Waals surface area contributed by atoms with Crippen molar-refractivity contribution in [2.45, 2.75) is 19.8 Å². The number of aromatic nitrogens is 2. The summed E-state index contributed by atoms with van der Waals surface area (Å²) >= 11 is 0. The van der Waals surface area contributed by atoms with Crippen LogP contribution in [0, 0.1) is 0 Å². The molecule has 0 spiro atoms. The molecular weight excluding hydrogens is 254 g/mol. The Kier molecular flexibility index (Phi) is 3.88. The molecule has 0 atom stereocenters. The predicted molar refractivity (Wildman–Crippen MR) is 80.2 cm³/mol. The zero-order valence-corrected chi connectivity index (χ0v) is 12.6. The number of rotatable bonds is 4. The Morgan fingerprint density at radius 1 is 1.15 bits per heavy atom. The molecule has 5 nitrogen and oxygen atoms in total. The molecule has 0 aliphatic rings. The molecule has 1 aromatic heterocycles. The van der Waals surface area contributed by atoms with E-state index in [1.54, 1.807) is 18.9 Å². The number of hydrogen-bond acceptors (Lipinski definition) is 4. The molecule has 0 unspecified atom stereocenters. The summed E-state index contributed by atoms with van der Waals surface area (Å²) < 4.78 is 12.6. The molecule has 1 aromatic carbocycles. The summed E-state index contributed by atoms with van der Waals surface area (Å²) in [5, 5.41) is 4.46. The van der Waals surface area contributed by atoms with Crippen LogP contribution in [0.3, 0.4) is 0 Å². The van der Waals surface area contributed by atoms with Gasteiger partial charge in [0, 0.05) is 18.7 Å². The quantitative estimate of drug-likeness (QED) is 0.932. The molecule has 0 aliphatic carbocycles. The van der Waals surface area contributed by atoms with Crippen molar-refractivity contribution in [3.8, 4) is 22.8 Å². The average molecular weight is 275 g/mol. The SMILES string of the molecule is COc1ccc(OC)c(C(C)C)c1-c1cc(N)n(C)n1.